The van der Waals surface area contributed by atoms with Gasteiger partial charge in [-0.25, -0.2) is 9.18 Å². The Kier molecular flexibility index (Phi) is 2.14. The number of benzene rings is 1. The number of aryl methyl sites for hydroxylation is 2. The van der Waals surface area contributed by atoms with Gasteiger partial charge in [0.2, 0.25) is 6.08 Å². The summed E-state index contributed by atoms with van der Waals surface area (Å²) < 4.78 is 15.6. The van der Waals surface area contributed by atoms with Gasteiger partial charge in [-0.2, -0.15) is 4.99 Å². The van der Waals surface area contributed by atoms with E-state index in [1.807, 2.05) is 18.5 Å². The third kappa shape index (κ3) is 1.35. The normalized spacial score (nSPS) is 10.3. The molecule has 0 atom stereocenters. The summed E-state index contributed by atoms with van der Waals surface area (Å²) in [6, 6.07) is 4.94. The number of aromatic nitrogens is 1. The summed E-state index contributed by atoms with van der Waals surface area (Å²) in [6.45, 7) is 1.89. The van der Waals surface area contributed by atoms with Crippen LogP contribution >= 0.6 is 0 Å². The van der Waals surface area contributed by atoms with E-state index in [4.69, 9.17) is 0 Å². The zero-order valence-electron chi connectivity index (χ0n) is 8.41. The van der Waals surface area contributed by atoms with E-state index in [0.717, 1.165) is 11.2 Å². The average molecular weight is 204 g/mol. The number of isocyanates is 1. The smallest absolute Gasteiger partial charge is 0.240 e. The van der Waals surface area contributed by atoms with E-state index in [-0.39, 0.29) is 5.69 Å². The Morgan fingerprint density at radius 2 is 2.20 bits per heavy atom. The van der Waals surface area contributed by atoms with Gasteiger partial charge in [0, 0.05) is 18.1 Å². The molecule has 0 fully saturated rings. The second-order valence-electron chi connectivity index (χ2n) is 3.38. The van der Waals surface area contributed by atoms with Crippen LogP contribution in [0.2, 0.25) is 0 Å². The van der Waals surface area contributed by atoms with Gasteiger partial charge < -0.3 is 4.57 Å². The van der Waals surface area contributed by atoms with E-state index in [1.54, 1.807) is 12.1 Å². The molecule has 0 aliphatic carbocycles. The molecule has 0 amide bonds. The van der Waals surface area contributed by atoms with Crippen LogP contribution in [0.25, 0.3) is 10.9 Å². The molecule has 76 valence electrons. The van der Waals surface area contributed by atoms with Gasteiger partial charge in [0.25, 0.3) is 0 Å². The van der Waals surface area contributed by atoms with Crippen molar-refractivity contribution in [1.29, 1.82) is 0 Å². The molecule has 1 aromatic carbocycles. The van der Waals surface area contributed by atoms with Crippen LogP contribution in [-0.2, 0) is 11.8 Å². The number of carbonyl (C=O) groups excluding carboxylic acids is 1. The van der Waals surface area contributed by atoms with Gasteiger partial charge in [-0.05, 0) is 25.1 Å². The van der Waals surface area contributed by atoms with Gasteiger partial charge in [0.05, 0.1) is 5.52 Å². The quantitative estimate of drug-likeness (QED) is 0.519. The van der Waals surface area contributed by atoms with E-state index in [9.17, 15) is 9.18 Å². The molecule has 0 aliphatic heterocycles. The summed E-state index contributed by atoms with van der Waals surface area (Å²) in [5, 5.41) is 0.478. The van der Waals surface area contributed by atoms with Gasteiger partial charge in [0.15, 0.2) is 5.82 Å². The van der Waals surface area contributed by atoms with Crippen molar-refractivity contribution in [2.75, 3.05) is 0 Å². The first kappa shape index (κ1) is 9.62. The highest BCUT2D eigenvalue weighted by Crippen LogP contribution is 2.28. The number of fused-ring (bicyclic) bond motifs is 1. The van der Waals surface area contributed by atoms with Crippen molar-refractivity contribution in [3.8, 4) is 0 Å². The lowest BCUT2D eigenvalue weighted by Crippen LogP contribution is -1.89. The summed E-state index contributed by atoms with van der Waals surface area (Å²) in [5.41, 5.74) is 1.77. The first-order valence-corrected chi connectivity index (χ1v) is 4.47. The SMILES string of the molecule is Cc1cc2c(F)c(N=C=O)ccc2n1C. The van der Waals surface area contributed by atoms with Gasteiger partial charge in [-0.15, -0.1) is 0 Å². The zero-order chi connectivity index (χ0) is 11.0. The Morgan fingerprint density at radius 1 is 1.47 bits per heavy atom. The van der Waals surface area contributed by atoms with Crippen LogP contribution in [-0.4, -0.2) is 10.6 Å². The molecule has 15 heavy (non-hydrogen) atoms. The van der Waals surface area contributed by atoms with Gasteiger partial charge in [-0.3, -0.25) is 0 Å². The Morgan fingerprint density at radius 3 is 2.87 bits per heavy atom. The van der Waals surface area contributed by atoms with Crippen molar-refractivity contribution in [1.82, 2.24) is 4.57 Å². The third-order valence-corrected chi connectivity index (χ3v) is 2.55. The third-order valence-electron chi connectivity index (χ3n) is 2.55. The highest BCUT2D eigenvalue weighted by molar-refractivity contribution is 5.85. The molecule has 3 nitrogen and oxygen atoms in total. The molecule has 0 N–H and O–H groups in total. The van der Waals surface area contributed by atoms with Crippen molar-refractivity contribution >= 4 is 22.7 Å². The van der Waals surface area contributed by atoms with E-state index in [2.05, 4.69) is 4.99 Å². The number of nitrogens with zero attached hydrogens (tertiary/aromatic N) is 2. The second kappa shape index (κ2) is 3.33. The molecule has 0 spiro atoms. The lowest BCUT2D eigenvalue weighted by atomic mass is 10.2. The molecule has 2 rings (SSSR count). The van der Waals surface area contributed by atoms with Crippen molar-refractivity contribution in [3.05, 3.63) is 29.7 Å². The maximum Gasteiger partial charge on any atom is 0.240 e. The molecule has 0 saturated heterocycles. The van der Waals surface area contributed by atoms with E-state index < -0.39 is 5.82 Å². The van der Waals surface area contributed by atoms with Crippen LogP contribution in [0.15, 0.2) is 23.2 Å². The Balaban J connectivity index is 2.85. The lowest BCUT2D eigenvalue weighted by molar-refractivity contribution is 0.564. The van der Waals surface area contributed by atoms with Crippen LogP contribution in [0.1, 0.15) is 5.69 Å². The molecular weight excluding hydrogens is 195 g/mol. The largest absolute Gasteiger partial charge is 0.348 e. The van der Waals surface area contributed by atoms with E-state index in [0.29, 0.717) is 5.39 Å². The fourth-order valence-corrected chi connectivity index (χ4v) is 1.63. The van der Waals surface area contributed by atoms with Gasteiger partial charge in [-0.1, -0.05) is 0 Å². The monoisotopic (exact) mass is 204 g/mol. The number of hydrogen-bond acceptors (Lipinski definition) is 2. The Hall–Kier alpha value is -1.93. The Labute approximate surface area is 85.8 Å². The maximum absolute atomic E-state index is 13.8. The van der Waals surface area contributed by atoms with E-state index in [1.165, 1.54) is 12.1 Å². The van der Waals surface area contributed by atoms with Crippen molar-refractivity contribution in [3.63, 3.8) is 0 Å². The summed E-state index contributed by atoms with van der Waals surface area (Å²) in [4.78, 5) is 13.4. The zero-order valence-corrected chi connectivity index (χ0v) is 8.41. The molecular formula is C11H9FN2O. The molecule has 1 aromatic heterocycles. The molecule has 0 aliphatic rings. The average Bonchev–Trinajstić information content (AvgIpc) is 2.50. The predicted octanol–water partition coefficient (Wildman–Crippen LogP) is 2.59. The molecule has 0 bridgehead atoms. The highest BCUT2D eigenvalue weighted by atomic mass is 19.1. The molecule has 0 radical (unpaired) electrons. The minimum absolute atomic E-state index is 0.0306. The first-order valence-electron chi connectivity index (χ1n) is 4.47. The Bertz CT molecular complexity index is 580. The highest BCUT2D eigenvalue weighted by Gasteiger charge is 2.10. The summed E-state index contributed by atoms with van der Waals surface area (Å²) in [5.74, 6) is -0.473. The number of hydrogen-bond donors (Lipinski definition) is 0. The minimum Gasteiger partial charge on any atom is -0.348 e. The van der Waals surface area contributed by atoms with Crippen LogP contribution in [0, 0.1) is 12.7 Å². The summed E-state index contributed by atoms with van der Waals surface area (Å²) in [7, 11) is 1.86. The standard InChI is InChI=1S/C11H9FN2O/c1-7-5-8-10(14(7)2)4-3-9(11(8)12)13-6-15/h3-5H,1-2H3. The molecule has 4 heteroatoms. The van der Waals surface area contributed by atoms with Gasteiger partial charge >= 0.3 is 0 Å². The minimum atomic E-state index is -0.473. The summed E-state index contributed by atoms with van der Waals surface area (Å²) in [6.07, 6.45) is 1.34. The fourth-order valence-electron chi connectivity index (χ4n) is 1.63. The van der Waals surface area contributed by atoms with Crippen molar-refractivity contribution in [2.45, 2.75) is 6.92 Å². The maximum atomic E-state index is 13.8. The molecule has 0 unspecified atom stereocenters. The fraction of sp³-hybridized carbons (Fsp3) is 0.182. The van der Waals surface area contributed by atoms with E-state index >= 15 is 0 Å². The van der Waals surface area contributed by atoms with Gasteiger partial charge in [0.1, 0.15) is 5.69 Å². The topological polar surface area (TPSA) is 34.4 Å². The second-order valence-corrected chi connectivity index (χ2v) is 3.38. The summed E-state index contributed by atoms with van der Waals surface area (Å²) >= 11 is 0. The number of halogens is 1. The molecule has 2 aromatic rings. The molecule has 0 saturated carbocycles. The van der Waals surface area contributed by atoms with Crippen molar-refractivity contribution in [2.24, 2.45) is 12.0 Å². The van der Waals surface area contributed by atoms with Crippen LogP contribution < -0.4 is 0 Å². The first-order chi connectivity index (χ1) is 7.15. The lowest BCUT2D eigenvalue weighted by Gasteiger charge is -1.99. The van der Waals surface area contributed by atoms with Crippen molar-refractivity contribution < 1.29 is 9.18 Å². The molecule has 1 heterocycles. The number of aliphatic imine (C=N–C) groups is 1. The van der Waals surface area contributed by atoms with Crippen LogP contribution in [0.4, 0.5) is 10.1 Å². The number of rotatable bonds is 1. The van der Waals surface area contributed by atoms with Crippen LogP contribution in [0.5, 0.6) is 0 Å². The van der Waals surface area contributed by atoms with Crippen LogP contribution in [0.3, 0.4) is 0 Å². The predicted molar refractivity (Wildman–Crippen MR) is 55.4 cm³/mol.